The van der Waals surface area contributed by atoms with E-state index in [9.17, 15) is 4.79 Å². The van der Waals surface area contributed by atoms with Gasteiger partial charge < -0.3 is 14.3 Å². The van der Waals surface area contributed by atoms with Crippen LogP contribution in [0.5, 0.6) is 0 Å². The third-order valence-corrected chi connectivity index (χ3v) is 6.71. The van der Waals surface area contributed by atoms with Crippen LogP contribution < -0.4 is 4.90 Å². The second-order valence-corrected chi connectivity index (χ2v) is 8.41. The lowest BCUT2D eigenvalue weighted by molar-refractivity contribution is 0.129. The summed E-state index contributed by atoms with van der Waals surface area (Å²) in [7, 11) is 0. The third kappa shape index (κ3) is 2.87. The zero-order valence-electron chi connectivity index (χ0n) is 17.2. The second kappa shape index (κ2) is 7.14. The van der Waals surface area contributed by atoms with Gasteiger partial charge in [-0.2, -0.15) is 0 Å². The van der Waals surface area contributed by atoms with Crippen LogP contribution in [0.4, 0.5) is 10.5 Å². The SMILES string of the molecule is [C-]#[N+]C1(c2ccc(-c3ccc(N4C[C@H](Cn5ccnn5)OC4=O)cc3)cn2)[C@@H]2COC[C@@H]21. The van der Waals surface area contributed by atoms with Crippen molar-refractivity contribution in [2.75, 3.05) is 24.7 Å². The van der Waals surface area contributed by atoms with Gasteiger partial charge >= 0.3 is 6.09 Å². The van der Waals surface area contributed by atoms with Crippen molar-refractivity contribution in [2.45, 2.75) is 18.2 Å². The number of fused-ring (bicyclic) bond motifs is 1. The Bertz CT molecular complexity index is 1180. The molecule has 0 bridgehead atoms. The number of rotatable bonds is 5. The minimum atomic E-state index is -0.500. The standard InChI is InChI=1S/C23H20N6O3/c1-24-23(19-13-31-14-20(19)23)21-7-4-16(10-25-21)15-2-5-17(6-3-15)29-12-18(32-22(29)30)11-28-9-8-26-27-28/h2-10,18-20H,11-14H2/t18-,19-,20+,23?/m0/s1. The highest BCUT2D eigenvalue weighted by Gasteiger charge is 2.77. The first-order chi connectivity index (χ1) is 15.7. The first-order valence-electron chi connectivity index (χ1n) is 10.5. The number of cyclic esters (lactones) is 1. The summed E-state index contributed by atoms with van der Waals surface area (Å²) in [6, 6.07) is 11.7. The molecule has 9 nitrogen and oxygen atoms in total. The molecule has 1 saturated carbocycles. The van der Waals surface area contributed by atoms with Crippen molar-refractivity contribution in [3.05, 3.63) is 72.1 Å². The second-order valence-electron chi connectivity index (χ2n) is 8.41. The first kappa shape index (κ1) is 19.0. The molecule has 32 heavy (non-hydrogen) atoms. The number of nitrogens with zero attached hydrogens (tertiary/aromatic N) is 6. The van der Waals surface area contributed by atoms with Gasteiger partial charge in [0.25, 0.3) is 5.54 Å². The summed E-state index contributed by atoms with van der Waals surface area (Å²) in [6.07, 6.45) is 4.53. The maximum atomic E-state index is 12.3. The number of amides is 1. The van der Waals surface area contributed by atoms with Gasteiger partial charge in [-0.15, -0.1) is 5.10 Å². The molecular formula is C23H20N6O3. The van der Waals surface area contributed by atoms with Gasteiger partial charge in [-0.25, -0.2) is 16.0 Å². The Morgan fingerprint density at radius 2 is 1.91 bits per heavy atom. The van der Waals surface area contributed by atoms with Crippen molar-refractivity contribution < 1.29 is 14.3 Å². The molecule has 2 aliphatic heterocycles. The highest BCUT2D eigenvalue weighted by atomic mass is 16.6. The van der Waals surface area contributed by atoms with E-state index in [2.05, 4.69) is 20.1 Å². The molecule has 1 unspecified atom stereocenters. The van der Waals surface area contributed by atoms with Gasteiger partial charge in [0.1, 0.15) is 11.8 Å². The highest BCUT2D eigenvalue weighted by Crippen LogP contribution is 2.63. The summed E-state index contributed by atoms with van der Waals surface area (Å²) in [4.78, 5) is 22.5. The van der Waals surface area contributed by atoms with E-state index in [1.165, 1.54) is 0 Å². The Morgan fingerprint density at radius 1 is 1.12 bits per heavy atom. The molecule has 4 heterocycles. The van der Waals surface area contributed by atoms with E-state index in [4.69, 9.17) is 16.0 Å². The van der Waals surface area contributed by atoms with Gasteiger partial charge in [0.15, 0.2) is 0 Å². The van der Waals surface area contributed by atoms with Crippen molar-refractivity contribution in [3.63, 3.8) is 0 Å². The average Bonchev–Trinajstić information content (AvgIpc) is 3.35. The third-order valence-electron chi connectivity index (χ3n) is 6.71. The molecule has 3 fully saturated rings. The fraction of sp³-hybridized carbons (Fsp3) is 0.348. The number of carbonyl (C=O) groups is 1. The topological polar surface area (TPSA) is 86.7 Å². The number of pyridine rings is 1. The zero-order chi connectivity index (χ0) is 21.7. The Labute approximate surface area is 184 Å². The maximum Gasteiger partial charge on any atom is 0.414 e. The quantitative estimate of drug-likeness (QED) is 0.581. The van der Waals surface area contributed by atoms with Crippen LogP contribution in [0.2, 0.25) is 0 Å². The fourth-order valence-electron chi connectivity index (χ4n) is 4.93. The van der Waals surface area contributed by atoms with E-state index in [1.54, 1.807) is 22.0 Å². The Hall–Kier alpha value is -3.77. The first-order valence-corrected chi connectivity index (χ1v) is 10.5. The van der Waals surface area contributed by atoms with E-state index >= 15 is 0 Å². The number of hydrogen-bond donors (Lipinski definition) is 0. The largest absolute Gasteiger partial charge is 0.442 e. The fourth-order valence-corrected chi connectivity index (χ4v) is 4.93. The molecule has 6 rings (SSSR count). The van der Waals surface area contributed by atoms with Crippen LogP contribution in [-0.2, 0) is 21.6 Å². The van der Waals surface area contributed by atoms with E-state index in [0.717, 1.165) is 22.5 Å². The lowest BCUT2D eigenvalue weighted by atomic mass is 10.0. The van der Waals surface area contributed by atoms with E-state index < -0.39 is 5.54 Å². The van der Waals surface area contributed by atoms with Gasteiger partial charge in [-0.1, -0.05) is 23.4 Å². The van der Waals surface area contributed by atoms with E-state index in [1.807, 2.05) is 42.6 Å². The predicted molar refractivity (Wildman–Crippen MR) is 113 cm³/mol. The Morgan fingerprint density at radius 3 is 2.56 bits per heavy atom. The lowest BCUT2D eigenvalue weighted by Crippen LogP contribution is -2.26. The molecule has 1 aromatic carbocycles. The molecule has 3 aromatic rings. The predicted octanol–water partition coefficient (Wildman–Crippen LogP) is 2.76. The summed E-state index contributed by atoms with van der Waals surface area (Å²) in [5.41, 5.74) is 3.08. The molecule has 2 saturated heterocycles. The number of benzene rings is 1. The number of ether oxygens (including phenoxy) is 2. The van der Waals surface area contributed by atoms with Crippen LogP contribution in [0, 0.1) is 18.4 Å². The van der Waals surface area contributed by atoms with Crippen LogP contribution >= 0.6 is 0 Å². The van der Waals surface area contributed by atoms with Crippen molar-refractivity contribution >= 4 is 11.8 Å². The van der Waals surface area contributed by atoms with Gasteiger partial charge in [-0.3, -0.25) is 9.88 Å². The minimum Gasteiger partial charge on any atom is -0.442 e. The van der Waals surface area contributed by atoms with E-state index in [0.29, 0.717) is 26.3 Å². The molecule has 1 amide bonds. The lowest BCUT2D eigenvalue weighted by Gasteiger charge is -2.14. The summed E-state index contributed by atoms with van der Waals surface area (Å²) in [5, 5.41) is 7.70. The molecule has 2 aromatic heterocycles. The Kier molecular flexibility index (Phi) is 4.23. The molecule has 1 aliphatic carbocycles. The van der Waals surface area contributed by atoms with Gasteiger partial charge in [-0.05, 0) is 23.8 Å². The van der Waals surface area contributed by atoms with Crippen LogP contribution in [-0.4, -0.2) is 51.9 Å². The van der Waals surface area contributed by atoms with Crippen LogP contribution in [0.15, 0.2) is 55.0 Å². The normalized spacial score (nSPS) is 28.3. The monoisotopic (exact) mass is 428 g/mol. The number of anilines is 1. The van der Waals surface area contributed by atoms with Gasteiger partial charge in [0, 0.05) is 23.6 Å². The smallest absolute Gasteiger partial charge is 0.414 e. The molecule has 9 heteroatoms. The van der Waals surface area contributed by atoms with E-state index in [-0.39, 0.29) is 24.0 Å². The highest BCUT2D eigenvalue weighted by molar-refractivity contribution is 5.90. The van der Waals surface area contributed by atoms with Gasteiger partial charge in [0.2, 0.25) is 0 Å². The molecule has 0 N–H and O–H groups in total. The summed E-state index contributed by atoms with van der Waals surface area (Å²) in [6.45, 7) is 9.92. The molecule has 0 radical (unpaired) electrons. The number of hydrogen-bond acceptors (Lipinski definition) is 6. The van der Waals surface area contributed by atoms with Crippen molar-refractivity contribution in [1.29, 1.82) is 0 Å². The van der Waals surface area contributed by atoms with Crippen molar-refractivity contribution in [1.82, 2.24) is 20.0 Å². The molecule has 0 spiro atoms. The minimum absolute atomic E-state index is 0.270. The van der Waals surface area contributed by atoms with Crippen LogP contribution in [0.3, 0.4) is 0 Å². The molecule has 3 aliphatic rings. The average molecular weight is 428 g/mol. The van der Waals surface area contributed by atoms with Crippen LogP contribution in [0.25, 0.3) is 16.0 Å². The Balaban J connectivity index is 1.16. The molecular weight excluding hydrogens is 408 g/mol. The van der Waals surface area contributed by atoms with Crippen molar-refractivity contribution in [2.24, 2.45) is 11.8 Å². The van der Waals surface area contributed by atoms with Crippen LogP contribution in [0.1, 0.15) is 5.69 Å². The molecule has 160 valence electrons. The van der Waals surface area contributed by atoms with Crippen molar-refractivity contribution in [3.8, 4) is 11.1 Å². The maximum absolute atomic E-state index is 12.3. The number of aromatic nitrogens is 4. The summed E-state index contributed by atoms with van der Waals surface area (Å²) >= 11 is 0. The summed E-state index contributed by atoms with van der Waals surface area (Å²) in [5.74, 6) is 0.539. The zero-order valence-corrected chi connectivity index (χ0v) is 17.2. The summed E-state index contributed by atoms with van der Waals surface area (Å²) < 4.78 is 12.6. The van der Waals surface area contributed by atoms with Gasteiger partial charge in [0.05, 0.1) is 44.3 Å². The number of carbonyl (C=O) groups excluding carboxylic acids is 1. The molecule has 4 atom stereocenters.